The molecular formula is C14H26N4O2. The molecule has 0 aliphatic carbocycles. The Bertz CT molecular complexity index is 396. The highest BCUT2D eigenvalue weighted by Crippen LogP contribution is 2.30. The summed E-state index contributed by atoms with van der Waals surface area (Å²) in [5.74, 6) is 6.86. The van der Waals surface area contributed by atoms with Crippen LogP contribution in [-0.2, 0) is 22.4 Å². The van der Waals surface area contributed by atoms with Crippen LogP contribution in [0.1, 0.15) is 32.5 Å². The summed E-state index contributed by atoms with van der Waals surface area (Å²) in [4.78, 5) is 4.44. The Balaban J connectivity index is 2.15. The van der Waals surface area contributed by atoms with E-state index in [2.05, 4.69) is 21.9 Å². The van der Waals surface area contributed by atoms with Gasteiger partial charge in [-0.1, -0.05) is 0 Å². The van der Waals surface area contributed by atoms with Gasteiger partial charge in [-0.3, -0.25) is 11.3 Å². The second-order valence-electron chi connectivity index (χ2n) is 5.16. The third kappa shape index (κ3) is 3.20. The SMILES string of the molecule is CCOC1(C(Cc2nccn2CC)NN)CCOCC1. The van der Waals surface area contributed by atoms with Crippen LogP contribution in [0.3, 0.4) is 0 Å². The fourth-order valence-electron chi connectivity index (χ4n) is 3.00. The summed E-state index contributed by atoms with van der Waals surface area (Å²) < 4.78 is 13.7. The second-order valence-corrected chi connectivity index (χ2v) is 5.16. The van der Waals surface area contributed by atoms with Gasteiger partial charge in [0.05, 0.1) is 11.6 Å². The van der Waals surface area contributed by atoms with Gasteiger partial charge in [0.2, 0.25) is 0 Å². The summed E-state index contributed by atoms with van der Waals surface area (Å²) >= 11 is 0. The van der Waals surface area contributed by atoms with E-state index in [1.165, 1.54) is 0 Å². The minimum absolute atomic E-state index is 0.0408. The molecule has 6 nitrogen and oxygen atoms in total. The van der Waals surface area contributed by atoms with E-state index in [1.807, 2.05) is 19.3 Å². The highest BCUT2D eigenvalue weighted by Gasteiger charge is 2.41. The Labute approximate surface area is 120 Å². The summed E-state index contributed by atoms with van der Waals surface area (Å²) in [6.07, 6.45) is 6.33. The number of hydrazine groups is 1. The molecule has 114 valence electrons. The second kappa shape index (κ2) is 7.17. The lowest BCUT2D eigenvalue weighted by molar-refractivity contribution is -0.127. The Kier molecular flexibility index (Phi) is 5.54. The standard InChI is InChI=1S/C14H26N4O2/c1-3-18-8-7-16-13(18)11-12(17-15)14(20-4-2)5-9-19-10-6-14/h7-8,12,17H,3-6,9-11,15H2,1-2H3. The van der Waals surface area contributed by atoms with Gasteiger partial charge >= 0.3 is 0 Å². The van der Waals surface area contributed by atoms with Crippen LogP contribution in [0.25, 0.3) is 0 Å². The molecule has 1 aromatic rings. The van der Waals surface area contributed by atoms with E-state index in [0.717, 1.165) is 44.8 Å². The van der Waals surface area contributed by atoms with Crippen LogP contribution in [0.15, 0.2) is 12.4 Å². The first kappa shape index (κ1) is 15.4. The van der Waals surface area contributed by atoms with Crippen LogP contribution in [-0.4, -0.2) is 41.0 Å². The van der Waals surface area contributed by atoms with Crippen molar-refractivity contribution >= 4 is 0 Å². The number of aryl methyl sites for hydroxylation is 1. The van der Waals surface area contributed by atoms with E-state index in [4.69, 9.17) is 15.3 Å². The normalized spacial score (nSPS) is 19.9. The van der Waals surface area contributed by atoms with Gasteiger partial charge in [0.15, 0.2) is 0 Å². The summed E-state index contributed by atoms with van der Waals surface area (Å²) in [5, 5.41) is 0. The number of rotatable bonds is 7. The van der Waals surface area contributed by atoms with Crippen LogP contribution >= 0.6 is 0 Å². The Morgan fingerprint density at radius 3 is 2.85 bits per heavy atom. The molecule has 6 heteroatoms. The molecule has 1 aromatic heterocycles. The van der Waals surface area contributed by atoms with Crippen molar-refractivity contribution in [2.75, 3.05) is 19.8 Å². The summed E-state index contributed by atoms with van der Waals surface area (Å²) in [6, 6.07) is 0.0408. The van der Waals surface area contributed by atoms with Gasteiger partial charge in [-0.2, -0.15) is 0 Å². The van der Waals surface area contributed by atoms with Gasteiger partial charge in [-0.15, -0.1) is 0 Å². The molecule has 1 aliphatic heterocycles. The van der Waals surface area contributed by atoms with Crippen LogP contribution in [0.4, 0.5) is 0 Å². The Morgan fingerprint density at radius 2 is 2.25 bits per heavy atom. The van der Waals surface area contributed by atoms with E-state index in [1.54, 1.807) is 0 Å². The summed E-state index contributed by atoms with van der Waals surface area (Å²) in [5.41, 5.74) is 2.70. The average molecular weight is 282 g/mol. The van der Waals surface area contributed by atoms with Crippen molar-refractivity contribution in [3.05, 3.63) is 18.2 Å². The van der Waals surface area contributed by atoms with Gasteiger partial charge in [-0.25, -0.2) is 4.98 Å². The number of hydrogen-bond donors (Lipinski definition) is 2. The molecule has 2 rings (SSSR count). The molecule has 1 aliphatic rings. The number of nitrogens with two attached hydrogens (primary N) is 1. The smallest absolute Gasteiger partial charge is 0.110 e. The lowest BCUT2D eigenvalue weighted by atomic mass is 9.84. The highest BCUT2D eigenvalue weighted by atomic mass is 16.5. The Hall–Kier alpha value is -0.950. The number of nitrogens with one attached hydrogen (secondary N) is 1. The van der Waals surface area contributed by atoms with Gasteiger partial charge in [-0.05, 0) is 13.8 Å². The maximum Gasteiger partial charge on any atom is 0.110 e. The summed E-state index contributed by atoms with van der Waals surface area (Å²) in [6.45, 7) is 7.18. The van der Waals surface area contributed by atoms with Crippen molar-refractivity contribution < 1.29 is 9.47 Å². The number of hydrogen-bond acceptors (Lipinski definition) is 5. The lowest BCUT2D eigenvalue weighted by Gasteiger charge is -2.42. The monoisotopic (exact) mass is 282 g/mol. The number of ether oxygens (including phenoxy) is 2. The van der Waals surface area contributed by atoms with E-state index in [-0.39, 0.29) is 11.6 Å². The minimum atomic E-state index is -0.258. The van der Waals surface area contributed by atoms with E-state index < -0.39 is 0 Å². The van der Waals surface area contributed by atoms with Crippen molar-refractivity contribution in [1.82, 2.24) is 15.0 Å². The first-order valence-corrected chi connectivity index (χ1v) is 7.43. The first-order chi connectivity index (χ1) is 9.75. The lowest BCUT2D eigenvalue weighted by Crippen LogP contribution is -2.58. The molecular weight excluding hydrogens is 256 g/mol. The molecule has 1 saturated heterocycles. The van der Waals surface area contributed by atoms with Crippen molar-refractivity contribution in [2.45, 2.75) is 51.3 Å². The largest absolute Gasteiger partial charge is 0.381 e. The molecule has 1 unspecified atom stereocenters. The molecule has 3 N–H and O–H groups in total. The van der Waals surface area contributed by atoms with Crippen molar-refractivity contribution in [3.8, 4) is 0 Å². The van der Waals surface area contributed by atoms with E-state index in [0.29, 0.717) is 6.61 Å². The van der Waals surface area contributed by atoms with Crippen LogP contribution in [0.5, 0.6) is 0 Å². The molecule has 1 fully saturated rings. The van der Waals surface area contributed by atoms with Crippen LogP contribution in [0.2, 0.25) is 0 Å². The van der Waals surface area contributed by atoms with Gasteiger partial charge < -0.3 is 14.0 Å². The van der Waals surface area contributed by atoms with Gasteiger partial charge in [0, 0.05) is 58.0 Å². The fraction of sp³-hybridized carbons (Fsp3) is 0.786. The molecule has 1 atom stereocenters. The minimum Gasteiger partial charge on any atom is -0.381 e. The quantitative estimate of drug-likeness (QED) is 0.573. The zero-order valence-electron chi connectivity index (χ0n) is 12.5. The molecule has 0 spiro atoms. The van der Waals surface area contributed by atoms with Crippen LogP contribution < -0.4 is 11.3 Å². The van der Waals surface area contributed by atoms with Crippen LogP contribution in [0, 0.1) is 0 Å². The molecule has 20 heavy (non-hydrogen) atoms. The number of aromatic nitrogens is 2. The van der Waals surface area contributed by atoms with Gasteiger partial charge in [0.1, 0.15) is 5.82 Å². The molecule has 2 heterocycles. The number of nitrogens with zero attached hydrogens (tertiary/aromatic N) is 2. The third-order valence-electron chi connectivity index (χ3n) is 4.14. The predicted molar refractivity (Wildman–Crippen MR) is 77.1 cm³/mol. The average Bonchev–Trinajstić information content (AvgIpc) is 2.93. The predicted octanol–water partition coefficient (Wildman–Crippen LogP) is 0.863. The van der Waals surface area contributed by atoms with Crippen molar-refractivity contribution in [1.29, 1.82) is 0 Å². The Morgan fingerprint density at radius 1 is 1.50 bits per heavy atom. The van der Waals surface area contributed by atoms with E-state index in [9.17, 15) is 0 Å². The van der Waals surface area contributed by atoms with Crippen molar-refractivity contribution in [2.24, 2.45) is 5.84 Å². The molecule has 0 aromatic carbocycles. The highest BCUT2D eigenvalue weighted by molar-refractivity contribution is 5.03. The number of imidazole rings is 1. The molecule has 0 bridgehead atoms. The topological polar surface area (TPSA) is 74.3 Å². The summed E-state index contributed by atoms with van der Waals surface area (Å²) in [7, 11) is 0. The van der Waals surface area contributed by atoms with E-state index >= 15 is 0 Å². The van der Waals surface area contributed by atoms with Crippen molar-refractivity contribution in [3.63, 3.8) is 0 Å². The molecule has 0 radical (unpaired) electrons. The maximum absolute atomic E-state index is 6.09. The molecule has 0 saturated carbocycles. The van der Waals surface area contributed by atoms with Gasteiger partial charge in [0.25, 0.3) is 0 Å². The zero-order valence-corrected chi connectivity index (χ0v) is 12.5. The fourth-order valence-corrected chi connectivity index (χ4v) is 3.00. The molecule has 0 amide bonds. The zero-order chi connectivity index (χ0) is 14.4. The third-order valence-corrected chi connectivity index (χ3v) is 4.14. The maximum atomic E-state index is 6.09. The first-order valence-electron chi connectivity index (χ1n) is 7.43.